The van der Waals surface area contributed by atoms with E-state index in [0.717, 1.165) is 11.2 Å². The molecule has 1 fully saturated rings. The number of likely N-dealkylation sites (tertiary alicyclic amines) is 1. The summed E-state index contributed by atoms with van der Waals surface area (Å²) in [5.74, 6) is 0.906. The number of hydrogen-bond donors (Lipinski definition) is 0. The van der Waals surface area contributed by atoms with Gasteiger partial charge in [0.25, 0.3) is 0 Å². The monoisotopic (exact) mass is 360 g/mol. The molecule has 1 saturated heterocycles. The number of carbonyl (C=O) groups excluding carboxylic acids is 1. The van der Waals surface area contributed by atoms with Gasteiger partial charge in [-0.1, -0.05) is 11.2 Å². The number of carbonyl (C=O) groups is 1. The number of nitrogens with zero attached hydrogens (tertiary/aromatic N) is 6. The fourth-order valence-corrected chi connectivity index (χ4v) is 3.35. The quantitative estimate of drug-likeness (QED) is 0.555. The third kappa shape index (κ3) is 2.95. The highest BCUT2D eigenvalue weighted by Crippen LogP contribution is 2.29. The van der Waals surface area contributed by atoms with E-state index in [1.165, 1.54) is 0 Å². The Balaban J connectivity index is 1.34. The van der Waals surface area contributed by atoms with Gasteiger partial charge in [-0.3, -0.25) is 9.78 Å². The molecule has 0 aromatic carbocycles. The summed E-state index contributed by atoms with van der Waals surface area (Å²) in [5, 5.41) is 4.06. The molecule has 4 aromatic rings. The lowest BCUT2D eigenvalue weighted by Gasteiger charge is -2.15. The van der Waals surface area contributed by atoms with Crippen molar-refractivity contribution in [3.63, 3.8) is 0 Å². The van der Waals surface area contributed by atoms with E-state index < -0.39 is 0 Å². The molecule has 1 aliphatic rings. The Hall–Kier alpha value is -3.55. The second-order valence-electron chi connectivity index (χ2n) is 6.58. The van der Waals surface area contributed by atoms with Crippen molar-refractivity contribution in [3.8, 4) is 11.5 Å². The van der Waals surface area contributed by atoms with Crippen molar-refractivity contribution >= 4 is 11.6 Å². The molecule has 0 radical (unpaired) electrons. The van der Waals surface area contributed by atoms with Crippen LogP contribution in [0.15, 0.2) is 59.6 Å². The molecule has 1 atom stereocenters. The molecule has 27 heavy (non-hydrogen) atoms. The number of hydrogen-bond acceptors (Lipinski definition) is 6. The molecule has 8 nitrogen and oxygen atoms in total. The number of rotatable bonds is 4. The van der Waals surface area contributed by atoms with Crippen LogP contribution in [-0.2, 0) is 11.3 Å². The second-order valence-corrected chi connectivity index (χ2v) is 6.58. The lowest BCUT2D eigenvalue weighted by atomic mass is 10.1. The van der Waals surface area contributed by atoms with Gasteiger partial charge in [0.2, 0.25) is 17.6 Å². The molecule has 0 saturated carbocycles. The van der Waals surface area contributed by atoms with Gasteiger partial charge in [-0.15, -0.1) is 0 Å². The minimum atomic E-state index is -0.0994. The van der Waals surface area contributed by atoms with Crippen LogP contribution >= 0.6 is 0 Å². The Bertz CT molecular complexity index is 1070. The molecule has 0 aliphatic carbocycles. The van der Waals surface area contributed by atoms with E-state index in [1.54, 1.807) is 12.4 Å². The first-order valence-corrected chi connectivity index (χ1v) is 8.70. The van der Waals surface area contributed by atoms with Gasteiger partial charge in [-0.25, -0.2) is 4.98 Å². The number of aromatic nitrogens is 5. The molecule has 8 heteroatoms. The van der Waals surface area contributed by atoms with Gasteiger partial charge in [0.15, 0.2) is 0 Å². The van der Waals surface area contributed by atoms with Crippen LogP contribution in [0.25, 0.3) is 17.2 Å². The minimum Gasteiger partial charge on any atom is -0.339 e. The minimum absolute atomic E-state index is 0.0873. The van der Waals surface area contributed by atoms with Crippen molar-refractivity contribution in [2.75, 3.05) is 6.54 Å². The van der Waals surface area contributed by atoms with Crippen molar-refractivity contribution < 1.29 is 9.32 Å². The first-order chi connectivity index (χ1) is 13.3. The van der Waals surface area contributed by atoms with E-state index in [2.05, 4.69) is 20.1 Å². The lowest BCUT2D eigenvalue weighted by Crippen LogP contribution is -2.24. The van der Waals surface area contributed by atoms with Gasteiger partial charge in [0.05, 0.1) is 5.92 Å². The van der Waals surface area contributed by atoms with E-state index in [-0.39, 0.29) is 11.8 Å². The van der Waals surface area contributed by atoms with Gasteiger partial charge in [-0.05, 0) is 29.8 Å². The third-order valence-corrected chi connectivity index (χ3v) is 4.72. The molecule has 0 bridgehead atoms. The molecule has 5 heterocycles. The van der Waals surface area contributed by atoms with Crippen LogP contribution in [-0.4, -0.2) is 41.9 Å². The van der Waals surface area contributed by atoms with Gasteiger partial charge in [0.1, 0.15) is 11.3 Å². The first-order valence-electron chi connectivity index (χ1n) is 8.70. The normalized spacial score (nSPS) is 17.1. The predicted octanol–water partition coefficient (Wildman–Crippen LogP) is 2.30. The van der Waals surface area contributed by atoms with Crippen molar-refractivity contribution in [1.29, 1.82) is 0 Å². The molecule has 0 N–H and O–H groups in total. The summed E-state index contributed by atoms with van der Waals surface area (Å²) < 4.78 is 7.35. The van der Waals surface area contributed by atoms with Crippen LogP contribution in [0, 0.1) is 0 Å². The fourth-order valence-electron chi connectivity index (χ4n) is 3.35. The van der Waals surface area contributed by atoms with Crippen molar-refractivity contribution in [2.45, 2.75) is 18.9 Å². The van der Waals surface area contributed by atoms with Gasteiger partial charge >= 0.3 is 0 Å². The molecule has 0 unspecified atom stereocenters. The zero-order valence-corrected chi connectivity index (χ0v) is 14.4. The number of amides is 1. The highest BCUT2D eigenvalue weighted by atomic mass is 16.5. The van der Waals surface area contributed by atoms with Gasteiger partial charge in [0, 0.05) is 44.3 Å². The zero-order valence-electron chi connectivity index (χ0n) is 14.4. The summed E-state index contributed by atoms with van der Waals surface area (Å²) in [4.78, 5) is 27.2. The van der Waals surface area contributed by atoms with Gasteiger partial charge in [-0.2, -0.15) is 4.98 Å². The molecule has 1 aliphatic heterocycles. The average Bonchev–Trinajstić information content (AvgIpc) is 3.41. The Kier molecular flexibility index (Phi) is 3.67. The van der Waals surface area contributed by atoms with Gasteiger partial charge < -0.3 is 13.8 Å². The van der Waals surface area contributed by atoms with Crippen LogP contribution in [0.5, 0.6) is 0 Å². The maximum atomic E-state index is 12.4. The largest absolute Gasteiger partial charge is 0.339 e. The lowest BCUT2D eigenvalue weighted by molar-refractivity contribution is -0.128. The maximum Gasteiger partial charge on any atom is 0.232 e. The summed E-state index contributed by atoms with van der Waals surface area (Å²) in [6.45, 7) is 1.12. The van der Waals surface area contributed by atoms with E-state index in [9.17, 15) is 4.79 Å². The molecular weight excluding hydrogens is 344 g/mol. The molecule has 4 aromatic heterocycles. The standard InChI is InChI=1S/C19H16N6O2/c26-17-9-14(11-25(17)10-13-4-6-20-7-5-13)19-22-18(23-27-19)15-12-24-8-2-1-3-16(24)21-15/h1-8,12,14H,9-11H2/t14-/m0/s1. The zero-order chi connectivity index (χ0) is 18.2. The summed E-state index contributed by atoms with van der Waals surface area (Å²) in [6.07, 6.45) is 7.61. The fraction of sp³-hybridized carbons (Fsp3) is 0.211. The molecule has 1 amide bonds. The van der Waals surface area contributed by atoms with Crippen LogP contribution < -0.4 is 0 Å². The van der Waals surface area contributed by atoms with Crippen molar-refractivity contribution in [1.82, 2.24) is 29.4 Å². The van der Waals surface area contributed by atoms with Crippen LogP contribution in [0.2, 0.25) is 0 Å². The van der Waals surface area contributed by atoms with E-state index >= 15 is 0 Å². The van der Waals surface area contributed by atoms with E-state index in [1.807, 2.05) is 52.0 Å². The molecule has 5 rings (SSSR count). The number of fused-ring (bicyclic) bond motifs is 1. The topological polar surface area (TPSA) is 89.4 Å². The molecule has 0 spiro atoms. The third-order valence-electron chi connectivity index (χ3n) is 4.72. The Morgan fingerprint density at radius 2 is 2.04 bits per heavy atom. The highest BCUT2D eigenvalue weighted by Gasteiger charge is 2.34. The maximum absolute atomic E-state index is 12.4. The molecular formula is C19H16N6O2. The average molecular weight is 360 g/mol. The number of pyridine rings is 2. The predicted molar refractivity (Wildman–Crippen MR) is 95.5 cm³/mol. The Labute approximate surface area is 154 Å². The highest BCUT2D eigenvalue weighted by molar-refractivity contribution is 5.79. The van der Waals surface area contributed by atoms with Crippen molar-refractivity contribution in [3.05, 3.63) is 66.6 Å². The second kappa shape index (κ2) is 6.31. The van der Waals surface area contributed by atoms with E-state index in [0.29, 0.717) is 36.9 Å². The molecule has 134 valence electrons. The Morgan fingerprint density at radius 1 is 1.15 bits per heavy atom. The SMILES string of the molecule is O=C1C[C@H](c2nc(-c3cn4ccccc4n3)no2)CN1Cc1ccncc1. The van der Waals surface area contributed by atoms with Crippen LogP contribution in [0.1, 0.15) is 23.8 Å². The summed E-state index contributed by atoms with van der Waals surface area (Å²) in [5.41, 5.74) is 2.52. The summed E-state index contributed by atoms with van der Waals surface area (Å²) >= 11 is 0. The van der Waals surface area contributed by atoms with Crippen molar-refractivity contribution in [2.24, 2.45) is 0 Å². The Morgan fingerprint density at radius 3 is 2.89 bits per heavy atom. The van der Waals surface area contributed by atoms with Crippen LogP contribution in [0.3, 0.4) is 0 Å². The van der Waals surface area contributed by atoms with E-state index in [4.69, 9.17) is 4.52 Å². The summed E-state index contributed by atoms with van der Waals surface area (Å²) in [7, 11) is 0. The smallest absolute Gasteiger partial charge is 0.232 e. The number of imidazole rings is 1. The first kappa shape index (κ1) is 15.7. The van der Waals surface area contributed by atoms with Crippen LogP contribution in [0.4, 0.5) is 0 Å². The summed E-state index contributed by atoms with van der Waals surface area (Å²) in [6, 6.07) is 9.59.